The zero-order valence-corrected chi connectivity index (χ0v) is 12.8. The number of carboxylic acids is 1. The summed E-state index contributed by atoms with van der Waals surface area (Å²) in [7, 11) is 0. The lowest BCUT2D eigenvalue weighted by Crippen LogP contribution is -2.39. The van der Waals surface area contributed by atoms with Crippen LogP contribution in [-0.4, -0.2) is 17.2 Å². The van der Waals surface area contributed by atoms with E-state index < -0.39 is 5.97 Å². The molecule has 0 aliphatic heterocycles. The van der Waals surface area contributed by atoms with Crippen molar-refractivity contribution in [3.63, 3.8) is 0 Å². The molecule has 1 aromatic rings. The van der Waals surface area contributed by atoms with Gasteiger partial charge in [-0.3, -0.25) is 0 Å². The monoisotopic (exact) mass is 289 g/mol. The minimum atomic E-state index is -0.971. The molecule has 0 aromatic heterocycles. The molecule has 3 N–H and O–H groups in total. The summed E-state index contributed by atoms with van der Waals surface area (Å²) < 4.78 is 6.20. The van der Waals surface area contributed by atoms with Gasteiger partial charge in [0.15, 0.2) is 0 Å². The van der Waals surface area contributed by atoms with Crippen molar-refractivity contribution in [2.45, 2.75) is 46.1 Å². The van der Waals surface area contributed by atoms with Crippen LogP contribution in [0.25, 0.3) is 0 Å². The second kappa shape index (κ2) is 4.39. The van der Waals surface area contributed by atoms with Crippen LogP contribution in [-0.2, 0) is 0 Å². The third kappa shape index (κ3) is 1.92. The highest BCUT2D eigenvalue weighted by atomic mass is 16.5. The van der Waals surface area contributed by atoms with E-state index >= 15 is 0 Å². The number of anilines is 1. The predicted molar refractivity (Wildman–Crippen MR) is 81.5 cm³/mol. The molecule has 0 spiro atoms. The van der Waals surface area contributed by atoms with Crippen molar-refractivity contribution in [3.05, 3.63) is 23.8 Å². The fraction of sp³-hybridized carbons (Fsp3) is 0.588. The van der Waals surface area contributed by atoms with E-state index in [4.69, 9.17) is 15.6 Å². The highest BCUT2D eigenvalue weighted by Crippen LogP contribution is 2.66. The largest absolute Gasteiger partial charge is 0.488 e. The summed E-state index contributed by atoms with van der Waals surface area (Å²) in [6.45, 7) is 6.99. The standard InChI is InChI=1S/C17H23NO3/c1-16(2)11-6-7-17(16,3)14(9-11)21-13-5-4-10(15(19)20)8-12(13)18/h4-5,8,11,14H,6-7,9,18H2,1-3H3,(H,19,20). The first kappa shape index (κ1) is 14.2. The van der Waals surface area contributed by atoms with Crippen molar-refractivity contribution in [1.82, 2.24) is 0 Å². The summed E-state index contributed by atoms with van der Waals surface area (Å²) in [5.41, 5.74) is 7.00. The number of nitrogens with two attached hydrogens (primary N) is 1. The van der Waals surface area contributed by atoms with Gasteiger partial charge >= 0.3 is 5.97 Å². The van der Waals surface area contributed by atoms with Crippen molar-refractivity contribution in [1.29, 1.82) is 0 Å². The number of hydrogen-bond acceptors (Lipinski definition) is 3. The van der Waals surface area contributed by atoms with Crippen LogP contribution in [0, 0.1) is 16.7 Å². The number of carbonyl (C=O) groups is 1. The molecule has 4 nitrogen and oxygen atoms in total. The molecule has 114 valence electrons. The van der Waals surface area contributed by atoms with E-state index in [9.17, 15) is 4.79 Å². The predicted octanol–water partition coefficient (Wildman–Crippen LogP) is 3.56. The average Bonchev–Trinajstić information content (AvgIpc) is 2.74. The lowest BCUT2D eigenvalue weighted by Gasteiger charge is -2.39. The van der Waals surface area contributed by atoms with E-state index in [1.54, 1.807) is 12.1 Å². The van der Waals surface area contributed by atoms with Crippen molar-refractivity contribution in [3.8, 4) is 5.75 Å². The maximum Gasteiger partial charge on any atom is 0.335 e. The smallest absolute Gasteiger partial charge is 0.335 e. The quantitative estimate of drug-likeness (QED) is 0.834. The summed E-state index contributed by atoms with van der Waals surface area (Å²) in [4.78, 5) is 11.0. The van der Waals surface area contributed by atoms with Crippen LogP contribution in [0.2, 0.25) is 0 Å². The van der Waals surface area contributed by atoms with Crippen molar-refractivity contribution in [2.24, 2.45) is 16.7 Å². The lowest BCUT2D eigenvalue weighted by molar-refractivity contribution is 0.0306. The second-order valence-corrected chi connectivity index (χ2v) is 7.27. The Kier molecular flexibility index (Phi) is 2.98. The number of benzene rings is 1. The number of ether oxygens (including phenoxy) is 1. The molecular formula is C17H23NO3. The molecule has 2 bridgehead atoms. The third-order valence-electron chi connectivity index (χ3n) is 6.24. The number of fused-ring (bicyclic) bond motifs is 2. The van der Waals surface area contributed by atoms with Crippen LogP contribution < -0.4 is 10.5 Å². The molecule has 0 amide bonds. The average molecular weight is 289 g/mol. The molecule has 0 radical (unpaired) electrons. The second-order valence-electron chi connectivity index (χ2n) is 7.27. The van der Waals surface area contributed by atoms with Gasteiger partial charge in [-0.2, -0.15) is 0 Å². The molecule has 2 saturated carbocycles. The molecule has 2 aliphatic carbocycles. The van der Waals surface area contributed by atoms with Gasteiger partial charge in [-0.15, -0.1) is 0 Å². The van der Waals surface area contributed by atoms with Crippen LogP contribution in [0.5, 0.6) is 5.75 Å². The molecule has 0 saturated heterocycles. The zero-order valence-electron chi connectivity index (χ0n) is 12.8. The van der Waals surface area contributed by atoms with Crippen molar-refractivity contribution < 1.29 is 14.6 Å². The molecule has 3 rings (SSSR count). The molecule has 21 heavy (non-hydrogen) atoms. The third-order valence-corrected chi connectivity index (χ3v) is 6.24. The van der Waals surface area contributed by atoms with Crippen LogP contribution in [0.1, 0.15) is 50.4 Å². The zero-order chi connectivity index (χ0) is 15.4. The Labute approximate surface area is 125 Å². The van der Waals surface area contributed by atoms with Gasteiger partial charge in [-0.1, -0.05) is 20.8 Å². The number of nitrogen functional groups attached to an aromatic ring is 1. The Morgan fingerprint density at radius 1 is 1.38 bits per heavy atom. The van der Waals surface area contributed by atoms with E-state index in [0.717, 1.165) is 6.42 Å². The summed E-state index contributed by atoms with van der Waals surface area (Å²) in [5.74, 6) is 0.336. The summed E-state index contributed by atoms with van der Waals surface area (Å²) in [5, 5.41) is 8.98. The van der Waals surface area contributed by atoms with E-state index in [2.05, 4.69) is 20.8 Å². The molecule has 2 aliphatic rings. The van der Waals surface area contributed by atoms with E-state index in [-0.39, 0.29) is 22.5 Å². The first-order valence-electron chi connectivity index (χ1n) is 7.55. The number of rotatable bonds is 3. The van der Waals surface area contributed by atoms with Crippen molar-refractivity contribution in [2.75, 3.05) is 5.73 Å². The molecule has 4 heteroatoms. The van der Waals surface area contributed by atoms with Crippen LogP contribution >= 0.6 is 0 Å². The lowest BCUT2D eigenvalue weighted by atomic mass is 9.70. The summed E-state index contributed by atoms with van der Waals surface area (Å²) in [6.07, 6.45) is 3.67. The van der Waals surface area contributed by atoms with Gasteiger partial charge in [0, 0.05) is 5.41 Å². The Bertz CT molecular complexity index is 596. The van der Waals surface area contributed by atoms with E-state index in [1.807, 2.05) is 0 Å². The number of carboxylic acid groups (broad SMARTS) is 1. The Morgan fingerprint density at radius 2 is 2.10 bits per heavy atom. The maximum absolute atomic E-state index is 11.0. The van der Waals surface area contributed by atoms with Gasteiger partial charge < -0.3 is 15.6 Å². The highest BCUT2D eigenvalue weighted by molar-refractivity contribution is 5.89. The van der Waals surface area contributed by atoms with Crippen LogP contribution in [0.4, 0.5) is 5.69 Å². The van der Waals surface area contributed by atoms with Gasteiger partial charge in [-0.25, -0.2) is 4.79 Å². The SMILES string of the molecule is CC1(C)C2CCC1(C)C(Oc1ccc(C(=O)O)cc1N)C2. The fourth-order valence-corrected chi connectivity index (χ4v) is 4.25. The van der Waals surface area contributed by atoms with Gasteiger partial charge in [0.25, 0.3) is 0 Å². The first-order chi connectivity index (χ1) is 9.75. The Morgan fingerprint density at radius 3 is 2.57 bits per heavy atom. The maximum atomic E-state index is 11.0. The fourth-order valence-electron chi connectivity index (χ4n) is 4.25. The first-order valence-corrected chi connectivity index (χ1v) is 7.55. The molecule has 3 unspecified atom stereocenters. The summed E-state index contributed by atoms with van der Waals surface area (Å²) >= 11 is 0. The van der Waals surface area contributed by atoms with Crippen LogP contribution in [0.3, 0.4) is 0 Å². The topological polar surface area (TPSA) is 72.5 Å². The summed E-state index contributed by atoms with van der Waals surface area (Å²) in [6, 6.07) is 4.70. The molecule has 2 fully saturated rings. The Balaban J connectivity index is 1.84. The molecular weight excluding hydrogens is 266 g/mol. The van der Waals surface area contributed by atoms with E-state index in [0.29, 0.717) is 17.4 Å². The number of hydrogen-bond donors (Lipinski definition) is 2. The van der Waals surface area contributed by atoms with Crippen LogP contribution in [0.15, 0.2) is 18.2 Å². The van der Waals surface area contributed by atoms with Gasteiger partial charge in [0.1, 0.15) is 11.9 Å². The minimum absolute atomic E-state index is 0.157. The Hall–Kier alpha value is -1.71. The minimum Gasteiger partial charge on any atom is -0.488 e. The normalized spacial score (nSPS) is 33.1. The molecule has 0 heterocycles. The molecule has 3 atom stereocenters. The highest BCUT2D eigenvalue weighted by Gasteiger charge is 2.62. The van der Waals surface area contributed by atoms with Gasteiger partial charge in [-0.05, 0) is 48.8 Å². The van der Waals surface area contributed by atoms with E-state index in [1.165, 1.54) is 18.9 Å². The molecule has 1 aromatic carbocycles. The van der Waals surface area contributed by atoms with Crippen molar-refractivity contribution >= 4 is 11.7 Å². The van der Waals surface area contributed by atoms with Gasteiger partial charge in [0.2, 0.25) is 0 Å². The number of aromatic carboxylic acids is 1. The van der Waals surface area contributed by atoms with Gasteiger partial charge in [0.05, 0.1) is 11.3 Å².